The highest BCUT2D eigenvalue weighted by Crippen LogP contribution is 2.25. The molecule has 0 aliphatic carbocycles. The number of carbonyl (C=O) groups excluding carboxylic acids is 2. The van der Waals surface area contributed by atoms with Gasteiger partial charge < -0.3 is 14.8 Å². The van der Waals surface area contributed by atoms with Crippen molar-refractivity contribution in [2.75, 3.05) is 6.61 Å². The van der Waals surface area contributed by atoms with Crippen LogP contribution in [0, 0.1) is 0 Å². The summed E-state index contributed by atoms with van der Waals surface area (Å²) < 4.78 is 10.0. The molecule has 0 bridgehead atoms. The first-order valence-corrected chi connectivity index (χ1v) is 6.53. The summed E-state index contributed by atoms with van der Waals surface area (Å²) in [6, 6.07) is 9.49. The minimum Gasteiger partial charge on any atom is -0.461 e. The zero-order valence-corrected chi connectivity index (χ0v) is 11.9. The molecule has 1 fully saturated rings. The minimum absolute atomic E-state index is 0.167. The monoisotopic (exact) mass is 277 g/mol. The van der Waals surface area contributed by atoms with Gasteiger partial charge in [0.25, 0.3) is 0 Å². The molecule has 1 saturated heterocycles. The summed E-state index contributed by atoms with van der Waals surface area (Å²) in [5, 5.41) is 2.65. The van der Waals surface area contributed by atoms with Gasteiger partial charge >= 0.3 is 12.1 Å². The second-order valence-corrected chi connectivity index (χ2v) is 5.95. The van der Waals surface area contributed by atoms with E-state index in [9.17, 15) is 9.59 Å². The maximum atomic E-state index is 11.9. The fourth-order valence-corrected chi connectivity index (χ4v) is 2.00. The Hall–Kier alpha value is -2.04. The molecular formula is C15H19NO4. The van der Waals surface area contributed by atoms with Gasteiger partial charge in [-0.2, -0.15) is 0 Å². The molecule has 1 heterocycles. The van der Waals surface area contributed by atoms with Gasteiger partial charge in [0.05, 0.1) is 0 Å². The quantitative estimate of drug-likeness (QED) is 0.859. The molecule has 1 aromatic rings. The molecule has 1 unspecified atom stereocenters. The second kappa shape index (κ2) is 5.15. The molecule has 0 radical (unpaired) electrons. The molecule has 20 heavy (non-hydrogen) atoms. The molecule has 1 aromatic carbocycles. The van der Waals surface area contributed by atoms with E-state index in [2.05, 4.69) is 5.32 Å². The molecule has 1 atom stereocenters. The first kappa shape index (κ1) is 14.4. The minimum atomic E-state index is -1.01. The van der Waals surface area contributed by atoms with Crippen molar-refractivity contribution in [3.8, 4) is 0 Å². The van der Waals surface area contributed by atoms with Crippen molar-refractivity contribution in [1.29, 1.82) is 0 Å². The third kappa shape index (κ3) is 3.29. The molecule has 1 aliphatic heterocycles. The molecule has 108 valence electrons. The van der Waals surface area contributed by atoms with Crippen molar-refractivity contribution < 1.29 is 19.1 Å². The van der Waals surface area contributed by atoms with Crippen LogP contribution < -0.4 is 5.32 Å². The Balaban J connectivity index is 2.07. The van der Waals surface area contributed by atoms with Gasteiger partial charge in [-0.1, -0.05) is 30.3 Å². The number of ether oxygens (including phenoxy) is 2. The fourth-order valence-electron chi connectivity index (χ4n) is 2.00. The smallest absolute Gasteiger partial charge is 0.408 e. The summed E-state index contributed by atoms with van der Waals surface area (Å²) in [5.74, 6) is -0.424. The van der Waals surface area contributed by atoms with Gasteiger partial charge in [-0.05, 0) is 26.3 Å². The number of nitrogens with one attached hydrogen (secondary N) is 1. The number of esters is 1. The molecule has 1 aliphatic rings. The summed E-state index contributed by atoms with van der Waals surface area (Å²) >= 11 is 0. The maximum Gasteiger partial charge on any atom is 0.408 e. The van der Waals surface area contributed by atoms with Crippen LogP contribution in [0.5, 0.6) is 0 Å². The fraction of sp³-hybridized carbons (Fsp3) is 0.467. The Morgan fingerprint density at radius 2 is 2.00 bits per heavy atom. The SMILES string of the molecule is CC(C)(C)OC(=O)NC1(Cc2ccccc2)COC1=O. The highest BCUT2D eigenvalue weighted by molar-refractivity contribution is 5.90. The van der Waals surface area contributed by atoms with Gasteiger partial charge in [0.15, 0.2) is 5.54 Å². The van der Waals surface area contributed by atoms with Crippen LogP contribution in [0.2, 0.25) is 0 Å². The molecule has 5 heteroatoms. The molecule has 0 spiro atoms. The predicted molar refractivity (Wildman–Crippen MR) is 73.2 cm³/mol. The molecule has 5 nitrogen and oxygen atoms in total. The van der Waals surface area contributed by atoms with Crippen LogP contribution in [0.4, 0.5) is 4.79 Å². The van der Waals surface area contributed by atoms with Crippen molar-refractivity contribution in [2.24, 2.45) is 0 Å². The Kier molecular flexibility index (Phi) is 3.70. The zero-order chi connectivity index (χ0) is 14.8. The van der Waals surface area contributed by atoms with E-state index in [1.165, 1.54) is 0 Å². The number of alkyl carbamates (subject to hydrolysis) is 1. The topological polar surface area (TPSA) is 64.6 Å². The van der Waals surface area contributed by atoms with Crippen LogP contribution in [0.1, 0.15) is 26.3 Å². The van der Waals surface area contributed by atoms with Gasteiger partial charge in [0, 0.05) is 6.42 Å². The van der Waals surface area contributed by atoms with Gasteiger partial charge in [-0.3, -0.25) is 0 Å². The van der Waals surface area contributed by atoms with Crippen molar-refractivity contribution >= 4 is 12.1 Å². The van der Waals surface area contributed by atoms with Gasteiger partial charge in [-0.25, -0.2) is 9.59 Å². The number of benzene rings is 1. The molecule has 2 rings (SSSR count). The third-order valence-corrected chi connectivity index (χ3v) is 2.93. The molecular weight excluding hydrogens is 258 g/mol. The maximum absolute atomic E-state index is 11.9. The van der Waals surface area contributed by atoms with Gasteiger partial charge in [0.1, 0.15) is 12.2 Å². The second-order valence-electron chi connectivity index (χ2n) is 5.95. The van der Waals surface area contributed by atoms with E-state index in [0.717, 1.165) is 5.56 Å². The van der Waals surface area contributed by atoms with E-state index in [-0.39, 0.29) is 6.61 Å². The molecule has 1 amide bonds. The van der Waals surface area contributed by atoms with Crippen LogP contribution in [-0.4, -0.2) is 29.8 Å². The van der Waals surface area contributed by atoms with Crippen LogP contribution >= 0.6 is 0 Å². The lowest BCUT2D eigenvalue weighted by Crippen LogP contribution is -2.67. The van der Waals surface area contributed by atoms with E-state index < -0.39 is 23.2 Å². The summed E-state index contributed by atoms with van der Waals surface area (Å²) in [4.78, 5) is 23.6. The van der Waals surface area contributed by atoms with E-state index >= 15 is 0 Å². The van der Waals surface area contributed by atoms with E-state index in [1.54, 1.807) is 20.8 Å². The average molecular weight is 277 g/mol. The molecule has 0 aromatic heterocycles. The lowest BCUT2D eigenvalue weighted by molar-refractivity contribution is -0.175. The summed E-state index contributed by atoms with van der Waals surface area (Å²) in [5.41, 5.74) is -0.657. The van der Waals surface area contributed by atoms with Crippen LogP contribution in [0.3, 0.4) is 0 Å². The third-order valence-electron chi connectivity index (χ3n) is 2.93. The average Bonchev–Trinajstić information content (AvgIpc) is 2.35. The summed E-state index contributed by atoms with van der Waals surface area (Å²) in [6.07, 6.45) is -0.212. The van der Waals surface area contributed by atoms with E-state index in [0.29, 0.717) is 6.42 Å². The normalized spacial score (nSPS) is 21.6. The predicted octanol–water partition coefficient (Wildman–Crippen LogP) is 2.05. The number of rotatable bonds is 3. The van der Waals surface area contributed by atoms with E-state index in [1.807, 2.05) is 30.3 Å². The number of hydrogen-bond donors (Lipinski definition) is 1. The zero-order valence-electron chi connectivity index (χ0n) is 11.9. The number of carbonyl (C=O) groups is 2. The number of cyclic esters (lactones) is 1. The first-order chi connectivity index (χ1) is 9.31. The summed E-state index contributed by atoms with van der Waals surface area (Å²) in [7, 11) is 0. The Bertz CT molecular complexity index is 506. The van der Waals surface area contributed by atoms with Crippen LogP contribution in [0.15, 0.2) is 30.3 Å². The largest absolute Gasteiger partial charge is 0.461 e. The highest BCUT2D eigenvalue weighted by Gasteiger charge is 2.51. The van der Waals surface area contributed by atoms with Crippen LogP contribution in [-0.2, 0) is 20.7 Å². The lowest BCUT2D eigenvalue weighted by Gasteiger charge is -2.39. The molecule has 1 N–H and O–H groups in total. The van der Waals surface area contributed by atoms with Gasteiger partial charge in [-0.15, -0.1) is 0 Å². The van der Waals surface area contributed by atoms with Crippen molar-refractivity contribution in [2.45, 2.75) is 38.3 Å². The van der Waals surface area contributed by atoms with Crippen molar-refractivity contribution in [1.82, 2.24) is 5.32 Å². The van der Waals surface area contributed by atoms with Crippen molar-refractivity contribution in [3.05, 3.63) is 35.9 Å². The molecule has 0 saturated carbocycles. The summed E-state index contributed by atoms with van der Waals surface area (Å²) in [6.45, 7) is 5.49. The van der Waals surface area contributed by atoms with E-state index in [4.69, 9.17) is 9.47 Å². The number of amides is 1. The Morgan fingerprint density at radius 1 is 1.35 bits per heavy atom. The Morgan fingerprint density at radius 3 is 2.45 bits per heavy atom. The van der Waals surface area contributed by atoms with Gasteiger partial charge in [0.2, 0.25) is 0 Å². The number of hydrogen-bond acceptors (Lipinski definition) is 4. The lowest BCUT2D eigenvalue weighted by atomic mass is 9.88. The highest BCUT2D eigenvalue weighted by atomic mass is 16.6. The standard InChI is InChI=1S/C15H19NO4/c1-14(2,3)20-13(18)16-15(10-19-12(15)17)9-11-7-5-4-6-8-11/h4-8H,9-10H2,1-3H3,(H,16,18). The van der Waals surface area contributed by atoms with Crippen LogP contribution in [0.25, 0.3) is 0 Å². The first-order valence-electron chi connectivity index (χ1n) is 6.53. The van der Waals surface area contributed by atoms with Crippen molar-refractivity contribution in [3.63, 3.8) is 0 Å². The Labute approximate surface area is 118 Å².